The van der Waals surface area contributed by atoms with Crippen molar-refractivity contribution in [1.82, 2.24) is 0 Å². The summed E-state index contributed by atoms with van der Waals surface area (Å²) in [5, 5.41) is 12.7. The highest BCUT2D eigenvalue weighted by atomic mass is 32.2. The van der Waals surface area contributed by atoms with E-state index in [9.17, 15) is 9.90 Å². The van der Waals surface area contributed by atoms with E-state index in [1.54, 1.807) is 31.3 Å². The normalized spacial score (nSPS) is 22.8. The van der Waals surface area contributed by atoms with Crippen molar-refractivity contribution in [2.24, 2.45) is 0 Å². The Bertz CT molecular complexity index is 452. The molecule has 1 heterocycles. The Kier molecular flexibility index (Phi) is 3.98. The molecule has 5 nitrogen and oxygen atoms in total. The van der Waals surface area contributed by atoms with Gasteiger partial charge in [0.05, 0.1) is 20.0 Å². The lowest BCUT2D eigenvalue weighted by atomic mass is 10.2. The van der Waals surface area contributed by atoms with Crippen LogP contribution in [0.2, 0.25) is 0 Å². The summed E-state index contributed by atoms with van der Waals surface area (Å²) < 4.78 is 10.4. The first-order valence-electron chi connectivity index (χ1n) is 5.55. The zero-order valence-corrected chi connectivity index (χ0v) is 11.0. The number of hydrogen-bond donors (Lipinski definition) is 1. The number of benzene rings is 1. The number of ether oxygens (including phenoxy) is 2. The minimum Gasteiger partial charge on any atom is -0.544 e. The predicted molar refractivity (Wildman–Crippen MR) is 65.5 cm³/mol. The first-order chi connectivity index (χ1) is 8.65. The number of thioether (sulfide) groups is 1. The summed E-state index contributed by atoms with van der Waals surface area (Å²) in [5.74, 6) is 0.869. The van der Waals surface area contributed by atoms with Crippen LogP contribution in [0.25, 0.3) is 0 Å². The molecule has 2 atom stereocenters. The summed E-state index contributed by atoms with van der Waals surface area (Å²) in [5.41, 5.74) is 1.02. The van der Waals surface area contributed by atoms with Crippen molar-refractivity contribution in [3.8, 4) is 11.5 Å². The maximum atomic E-state index is 10.8. The van der Waals surface area contributed by atoms with E-state index in [1.807, 2.05) is 18.2 Å². The molecule has 98 valence electrons. The lowest BCUT2D eigenvalue weighted by Crippen LogP contribution is -2.90. The fourth-order valence-electron chi connectivity index (χ4n) is 1.91. The van der Waals surface area contributed by atoms with Gasteiger partial charge in [-0.2, -0.15) is 0 Å². The lowest BCUT2D eigenvalue weighted by Gasteiger charge is -2.13. The van der Waals surface area contributed by atoms with Crippen molar-refractivity contribution >= 4 is 17.7 Å². The van der Waals surface area contributed by atoms with E-state index in [0.717, 1.165) is 5.56 Å². The molecule has 0 bridgehead atoms. The minimum atomic E-state index is -1.01. The van der Waals surface area contributed by atoms with Gasteiger partial charge in [0.15, 0.2) is 16.9 Å². The number of hydrogen-bond acceptors (Lipinski definition) is 5. The van der Waals surface area contributed by atoms with Crippen LogP contribution < -0.4 is 19.9 Å². The molecule has 6 heteroatoms. The fourth-order valence-corrected chi connectivity index (χ4v) is 3.21. The molecule has 2 rings (SSSR count). The van der Waals surface area contributed by atoms with Crippen molar-refractivity contribution in [3.05, 3.63) is 23.8 Å². The summed E-state index contributed by atoms with van der Waals surface area (Å²) in [7, 11) is 3.16. The van der Waals surface area contributed by atoms with Gasteiger partial charge in [0.2, 0.25) is 0 Å². The van der Waals surface area contributed by atoms with Crippen LogP contribution >= 0.6 is 11.8 Å². The van der Waals surface area contributed by atoms with Crippen LogP contribution in [0, 0.1) is 0 Å². The molecule has 0 amide bonds. The van der Waals surface area contributed by atoms with Crippen molar-refractivity contribution in [2.75, 3.05) is 20.0 Å². The monoisotopic (exact) mass is 269 g/mol. The number of carboxylic acids is 1. The molecule has 18 heavy (non-hydrogen) atoms. The Morgan fingerprint density at radius 3 is 2.67 bits per heavy atom. The summed E-state index contributed by atoms with van der Waals surface area (Å²) in [6, 6.07) is 5.15. The Balaban J connectivity index is 2.17. The van der Waals surface area contributed by atoms with Gasteiger partial charge in [0, 0.05) is 5.56 Å². The van der Waals surface area contributed by atoms with Crippen LogP contribution in [-0.4, -0.2) is 32.0 Å². The summed E-state index contributed by atoms with van der Waals surface area (Å²) in [6.07, 6.45) is 0. The van der Waals surface area contributed by atoms with Crippen LogP contribution in [-0.2, 0) is 4.79 Å². The topological polar surface area (TPSA) is 75.2 Å². The van der Waals surface area contributed by atoms with Crippen molar-refractivity contribution in [1.29, 1.82) is 0 Å². The van der Waals surface area contributed by atoms with Gasteiger partial charge in [0.1, 0.15) is 12.0 Å². The smallest absolute Gasteiger partial charge is 0.161 e. The zero-order valence-electron chi connectivity index (χ0n) is 10.2. The summed E-state index contributed by atoms with van der Waals surface area (Å²) in [6.45, 7) is 0. The second-order valence-electron chi connectivity index (χ2n) is 3.99. The molecule has 1 aliphatic heterocycles. The average Bonchev–Trinajstić information content (AvgIpc) is 2.87. The van der Waals surface area contributed by atoms with Crippen molar-refractivity contribution in [3.63, 3.8) is 0 Å². The van der Waals surface area contributed by atoms with Gasteiger partial charge in [-0.1, -0.05) is 11.8 Å². The average molecular weight is 269 g/mol. The number of carbonyl (C=O) groups is 1. The Morgan fingerprint density at radius 1 is 1.39 bits per heavy atom. The molecule has 1 saturated heterocycles. The number of nitrogens with two attached hydrogens (primary N) is 1. The van der Waals surface area contributed by atoms with Crippen molar-refractivity contribution in [2.45, 2.75) is 11.4 Å². The Labute approximate surface area is 109 Å². The van der Waals surface area contributed by atoms with Crippen LogP contribution in [0.1, 0.15) is 10.9 Å². The van der Waals surface area contributed by atoms with Crippen molar-refractivity contribution < 1.29 is 24.7 Å². The lowest BCUT2D eigenvalue weighted by molar-refractivity contribution is -0.690. The fraction of sp³-hybridized carbons (Fsp3) is 0.417. The second kappa shape index (κ2) is 5.49. The molecule has 2 N–H and O–H groups in total. The minimum absolute atomic E-state index is 0.0627. The van der Waals surface area contributed by atoms with Gasteiger partial charge in [-0.05, 0) is 18.2 Å². The third kappa shape index (κ3) is 2.54. The van der Waals surface area contributed by atoms with E-state index in [1.165, 1.54) is 0 Å². The zero-order chi connectivity index (χ0) is 13.1. The van der Waals surface area contributed by atoms with E-state index in [0.29, 0.717) is 17.3 Å². The van der Waals surface area contributed by atoms with Gasteiger partial charge in [-0.25, -0.2) is 0 Å². The molecule has 0 aromatic heterocycles. The molecular formula is C12H15NO4S. The van der Waals surface area contributed by atoms with Gasteiger partial charge >= 0.3 is 0 Å². The van der Waals surface area contributed by atoms with E-state index in [2.05, 4.69) is 0 Å². The first kappa shape index (κ1) is 13.0. The molecule has 0 spiro atoms. The third-order valence-electron chi connectivity index (χ3n) is 2.90. The highest BCUT2D eigenvalue weighted by Crippen LogP contribution is 2.33. The van der Waals surface area contributed by atoms with Crippen LogP contribution in [0.3, 0.4) is 0 Å². The van der Waals surface area contributed by atoms with Crippen LogP contribution in [0.15, 0.2) is 18.2 Å². The van der Waals surface area contributed by atoms with E-state index >= 15 is 0 Å². The number of aliphatic carboxylic acids is 1. The number of methoxy groups -OCH3 is 2. The highest BCUT2D eigenvalue weighted by Gasteiger charge is 2.31. The van der Waals surface area contributed by atoms with Gasteiger partial charge < -0.3 is 24.7 Å². The molecule has 0 radical (unpaired) electrons. The highest BCUT2D eigenvalue weighted by molar-refractivity contribution is 7.99. The second-order valence-corrected chi connectivity index (χ2v) is 5.16. The Hall–Kier alpha value is -1.40. The summed E-state index contributed by atoms with van der Waals surface area (Å²) in [4.78, 5) is 10.8. The molecular weight excluding hydrogens is 254 g/mol. The maximum Gasteiger partial charge on any atom is 0.161 e. The first-order valence-corrected chi connectivity index (χ1v) is 6.60. The van der Waals surface area contributed by atoms with E-state index < -0.39 is 12.0 Å². The Morgan fingerprint density at radius 2 is 2.11 bits per heavy atom. The molecule has 1 fully saturated rings. The number of carbonyl (C=O) groups excluding carboxylic acids is 1. The molecule has 1 aliphatic rings. The maximum absolute atomic E-state index is 10.8. The molecule has 0 aliphatic carbocycles. The van der Waals surface area contributed by atoms with Crippen LogP contribution in [0.5, 0.6) is 11.5 Å². The van der Waals surface area contributed by atoms with Gasteiger partial charge in [0.25, 0.3) is 0 Å². The largest absolute Gasteiger partial charge is 0.544 e. The quantitative estimate of drug-likeness (QED) is 0.769. The number of carboxylic acid groups (broad SMARTS) is 1. The van der Waals surface area contributed by atoms with Crippen LogP contribution in [0.4, 0.5) is 0 Å². The third-order valence-corrected chi connectivity index (χ3v) is 4.24. The van der Waals surface area contributed by atoms with E-state index in [4.69, 9.17) is 9.47 Å². The SMILES string of the molecule is COc1ccc([C@@H]2[NH2+][C@@H](C(=O)[O-])CS2)cc1OC. The number of rotatable bonds is 4. The molecule has 0 saturated carbocycles. The number of quaternary nitrogens is 1. The predicted octanol–water partition coefficient (Wildman–Crippen LogP) is -0.869. The standard InChI is InChI=1S/C12H15NO4S/c1-16-9-4-3-7(5-10(9)17-2)11-13-8(6-18-11)12(14)15/h3-5,8,11,13H,6H2,1-2H3,(H,14,15)/t8-,11-/m1/s1. The molecule has 1 aromatic carbocycles. The van der Waals surface area contributed by atoms with E-state index in [-0.39, 0.29) is 5.37 Å². The molecule has 1 aromatic rings. The van der Waals surface area contributed by atoms with Gasteiger partial charge in [-0.15, -0.1) is 0 Å². The summed E-state index contributed by atoms with van der Waals surface area (Å²) >= 11 is 1.59. The molecule has 0 unspecified atom stereocenters. The van der Waals surface area contributed by atoms with Gasteiger partial charge in [-0.3, -0.25) is 0 Å².